The summed E-state index contributed by atoms with van der Waals surface area (Å²) in [7, 11) is 0. The van der Waals surface area contributed by atoms with E-state index in [2.05, 4.69) is 29.0 Å². The number of nitrogens with zero attached hydrogens (tertiary/aromatic N) is 2. The molecule has 1 rings (SSSR count). The minimum Gasteiger partial charge on any atom is -0.357 e. The summed E-state index contributed by atoms with van der Waals surface area (Å²) in [6.45, 7) is 10.6. The summed E-state index contributed by atoms with van der Waals surface area (Å²) in [5.74, 6) is 1.17. The van der Waals surface area contributed by atoms with Gasteiger partial charge in [-0.05, 0) is 31.9 Å². The summed E-state index contributed by atoms with van der Waals surface area (Å²) < 4.78 is 0. The van der Waals surface area contributed by atoms with Crippen molar-refractivity contribution < 1.29 is 4.79 Å². The molecule has 0 saturated heterocycles. The minimum atomic E-state index is 0.0721. The Morgan fingerprint density at radius 3 is 2.47 bits per heavy atom. The van der Waals surface area contributed by atoms with Crippen molar-refractivity contribution in [3.8, 4) is 0 Å². The molecule has 1 aromatic heterocycles. The molecule has 0 bridgehead atoms. The summed E-state index contributed by atoms with van der Waals surface area (Å²) in [5, 5.41) is 2.93. The van der Waals surface area contributed by atoms with E-state index in [4.69, 9.17) is 0 Å². The van der Waals surface area contributed by atoms with Gasteiger partial charge in [0.25, 0.3) is 0 Å². The molecule has 1 heterocycles. The number of carbonyl (C=O) groups is 1. The van der Waals surface area contributed by atoms with Crippen molar-refractivity contribution in [3.05, 3.63) is 23.9 Å². The lowest BCUT2D eigenvalue weighted by Crippen LogP contribution is -2.28. The van der Waals surface area contributed by atoms with Crippen LogP contribution in [0.25, 0.3) is 0 Å². The molecule has 0 aromatic carbocycles. The monoisotopic (exact) mass is 263 g/mol. The summed E-state index contributed by atoms with van der Waals surface area (Å²) in [6.07, 6.45) is 2.70. The second-order valence-electron chi connectivity index (χ2n) is 4.72. The first-order valence-electron chi connectivity index (χ1n) is 7.09. The third-order valence-corrected chi connectivity index (χ3v) is 3.42. The van der Waals surface area contributed by atoms with Crippen LogP contribution in [0.3, 0.4) is 0 Å². The van der Waals surface area contributed by atoms with Gasteiger partial charge >= 0.3 is 0 Å². The Kier molecular flexibility index (Phi) is 6.33. The zero-order valence-electron chi connectivity index (χ0n) is 12.4. The second-order valence-corrected chi connectivity index (χ2v) is 4.72. The predicted octanol–water partition coefficient (Wildman–Crippen LogP) is 2.59. The van der Waals surface area contributed by atoms with Crippen molar-refractivity contribution in [2.45, 2.75) is 40.7 Å². The van der Waals surface area contributed by atoms with Gasteiger partial charge in [0.15, 0.2) is 0 Å². The highest BCUT2D eigenvalue weighted by molar-refractivity contribution is 5.78. The molecule has 0 spiro atoms. The highest BCUT2D eigenvalue weighted by atomic mass is 16.1. The number of nitrogens with one attached hydrogen (secondary N) is 1. The van der Waals surface area contributed by atoms with Gasteiger partial charge in [0, 0.05) is 31.7 Å². The SMILES string of the molecule is CCC(C)C(=O)NCc1ccc(N(CC)CC)nc1. The number of amides is 1. The minimum absolute atomic E-state index is 0.0721. The van der Waals surface area contributed by atoms with E-state index in [9.17, 15) is 4.79 Å². The summed E-state index contributed by atoms with van der Waals surface area (Å²) in [6, 6.07) is 4.04. The van der Waals surface area contributed by atoms with Crippen LogP contribution in [0.5, 0.6) is 0 Å². The van der Waals surface area contributed by atoms with Crippen LogP contribution in [0.2, 0.25) is 0 Å². The van der Waals surface area contributed by atoms with E-state index in [1.165, 1.54) is 0 Å². The molecule has 1 atom stereocenters. The van der Waals surface area contributed by atoms with Gasteiger partial charge in [-0.1, -0.05) is 19.9 Å². The molecule has 0 saturated carbocycles. The number of pyridine rings is 1. The van der Waals surface area contributed by atoms with Crippen LogP contribution in [-0.2, 0) is 11.3 Å². The molecule has 0 aliphatic carbocycles. The van der Waals surface area contributed by atoms with E-state index in [0.717, 1.165) is 30.9 Å². The zero-order valence-corrected chi connectivity index (χ0v) is 12.4. The van der Waals surface area contributed by atoms with Gasteiger partial charge in [0.1, 0.15) is 5.82 Å². The quantitative estimate of drug-likeness (QED) is 0.822. The van der Waals surface area contributed by atoms with Gasteiger partial charge in [-0.3, -0.25) is 4.79 Å². The van der Waals surface area contributed by atoms with Crippen LogP contribution in [-0.4, -0.2) is 24.0 Å². The number of anilines is 1. The molecular formula is C15H25N3O. The third kappa shape index (κ3) is 4.54. The number of hydrogen-bond donors (Lipinski definition) is 1. The normalized spacial score (nSPS) is 12.0. The van der Waals surface area contributed by atoms with Gasteiger partial charge in [0.2, 0.25) is 5.91 Å². The van der Waals surface area contributed by atoms with Crippen molar-refractivity contribution in [1.82, 2.24) is 10.3 Å². The van der Waals surface area contributed by atoms with E-state index in [0.29, 0.717) is 6.54 Å². The first kappa shape index (κ1) is 15.5. The molecule has 19 heavy (non-hydrogen) atoms. The molecule has 1 amide bonds. The van der Waals surface area contributed by atoms with Gasteiger partial charge in [0.05, 0.1) is 0 Å². The second kappa shape index (κ2) is 7.77. The van der Waals surface area contributed by atoms with Gasteiger partial charge < -0.3 is 10.2 Å². The van der Waals surface area contributed by atoms with E-state index in [1.54, 1.807) is 0 Å². The molecule has 0 aliphatic rings. The molecule has 0 aliphatic heterocycles. The van der Waals surface area contributed by atoms with Gasteiger partial charge in [-0.15, -0.1) is 0 Å². The van der Waals surface area contributed by atoms with Crippen molar-refractivity contribution in [3.63, 3.8) is 0 Å². The highest BCUT2D eigenvalue weighted by Gasteiger charge is 2.09. The van der Waals surface area contributed by atoms with E-state index < -0.39 is 0 Å². The molecule has 1 N–H and O–H groups in total. The molecule has 1 aromatic rings. The smallest absolute Gasteiger partial charge is 0.223 e. The van der Waals surface area contributed by atoms with E-state index in [1.807, 2.05) is 32.2 Å². The molecule has 0 fully saturated rings. The summed E-state index contributed by atoms with van der Waals surface area (Å²) >= 11 is 0. The number of carbonyl (C=O) groups excluding carboxylic acids is 1. The average molecular weight is 263 g/mol. The Morgan fingerprint density at radius 2 is 2.00 bits per heavy atom. The largest absolute Gasteiger partial charge is 0.357 e. The highest BCUT2D eigenvalue weighted by Crippen LogP contribution is 2.11. The molecular weight excluding hydrogens is 238 g/mol. The first-order valence-corrected chi connectivity index (χ1v) is 7.09. The maximum absolute atomic E-state index is 11.7. The Labute approximate surface area is 116 Å². The van der Waals surface area contributed by atoms with E-state index in [-0.39, 0.29) is 11.8 Å². The third-order valence-electron chi connectivity index (χ3n) is 3.42. The van der Waals surface area contributed by atoms with Crippen LogP contribution in [0.1, 0.15) is 39.7 Å². The van der Waals surface area contributed by atoms with Crippen LogP contribution < -0.4 is 10.2 Å². The Morgan fingerprint density at radius 1 is 1.32 bits per heavy atom. The number of hydrogen-bond acceptors (Lipinski definition) is 3. The average Bonchev–Trinajstić information content (AvgIpc) is 2.46. The first-order chi connectivity index (χ1) is 9.12. The lowest BCUT2D eigenvalue weighted by atomic mass is 10.1. The standard InChI is InChI=1S/C15H25N3O/c1-5-12(4)15(19)17-11-13-8-9-14(16-10-13)18(6-2)7-3/h8-10,12H,5-7,11H2,1-4H3,(H,17,19). The topological polar surface area (TPSA) is 45.2 Å². The Hall–Kier alpha value is -1.58. The number of aromatic nitrogens is 1. The summed E-state index contributed by atoms with van der Waals surface area (Å²) in [4.78, 5) is 18.3. The fourth-order valence-electron chi connectivity index (χ4n) is 1.80. The van der Waals surface area contributed by atoms with Gasteiger partial charge in [-0.25, -0.2) is 4.98 Å². The van der Waals surface area contributed by atoms with Crippen LogP contribution in [0, 0.1) is 5.92 Å². The lowest BCUT2D eigenvalue weighted by Gasteiger charge is -2.19. The predicted molar refractivity (Wildman–Crippen MR) is 79.1 cm³/mol. The Bertz CT molecular complexity index is 385. The van der Waals surface area contributed by atoms with Crippen molar-refractivity contribution in [2.24, 2.45) is 5.92 Å². The molecule has 4 heteroatoms. The van der Waals surface area contributed by atoms with Crippen molar-refractivity contribution in [2.75, 3.05) is 18.0 Å². The summed E-state index contributed by atoms with van der Waals surface area (Å²) in [5.41, 5.74) is 1.03. The fourth-order valence-corrected chi connectivity index (χ4v) is 1.80. The maximum atomic E-state index is 11.7. The molecule has 106 valence electrons. The van der Waals surface area contributed by atoms with Crippen molar-refractivity contribution in [1.29, 1.82) is 0 Å². The zero-order chi connectivity index (χ0) is 14.3. The number of rotatable bonds is 7. The van der Waals surface area contributed by atoms with Gasteiger partial charge in [-0.2, -0.15) is 0 Å². The molecule has 0 radical (unpaired) electrons. The molecule has 1 unspecified atom stereocenters. The Balaban J connectivity index is 2.55. The fraction of sp³-hybridized carbons (Fsp3) is 0.600. The van der Waals surface area contributed by atoms with Crippen LogP contribution >= 0.6 is 0 Å². The van der Waals surface area contributed by atoms with Crippen LogP contribution in [0.15, 0.2) is 18.3 Å². The lowest BCUT2D eigenvalue weighted by molar-refractivity contribution is -0.124. The van der Waals surface area contributed by atoms with Crippen LogP contribution in [0.4, 0.5) is 5.82 Å². The van der Waals surface area contributed by atoms with Crippen molar-refractivity contribution >= 4 is 11.7 Å². The van der Waals surface area contributed by atoms with E-state index >= 15 is 0 Å². The molecule has 4 nitrogen and oxygen atoms in total. The maximum Gasteiger partial charge on any atom is 0.223 e.